The topological polar surface area (TPSA) is 88.4 Å². The van der Waals surface area contributed by atoms with Crippen molar-refractivity contribution < 1.29 is 13.9 Å². The number of piperazine rings is 1. The molecule has 0 bridgehead atoms. The van der Waals surface area contributed by atoms with E-state index in [2.05, 4.69) is 25.3 Å². The summed E-state index contributed by atoms with van der Waals surface area (Å²) in [5.74, 6) is 0.632. The molecule has 2 amide bonds. The van der Waals surface area contributed by atoms with E-state index in [9.17, 15) is 9.18 Å². The molecule has 1 aromatic carbocycles. The molecule has 0 unspecified atom stereocenters. The number of pyridine rings is 1. The third-order valence-corrected chi connectivity index (χ3v) is 4.71. The molecule has 1 saturated heterocycles. The Morgan fingerprint density at radius 1 is 1.21 bits per heavy atom. The molecule has 4 rings (SSSR count). The number of methoxy groups -OCH3 is 1. The summed E-state index contributed by atoms with van der Waals surface area (Å²) in [4.78, 5) is 24.7. The Balaban J connectivity index is 1.42. The minimum absolute atomic E-state index is 0.218. The quantitative estimate of drug-likeness (QED) is 0.726. The minimum atomic E-state index is -0.344. The molecule has 1 aliphatic heterocycles. The summed E-state index contributed by atoms with van der Waals surface area (Å²) in [6.07, 6.45) is 4.55. The van der Waals surface area contributed by atoms with Gasteiger partial charge in [-0.2, -0.15) is 5.10 Å². The lowest BCUT2D eigenvalue weighted by Crippen LogP contribution is -2.50. The molecule has 10 heteroatoms. The molecule has 2 aromatic heterocycles. The number of nitrogens with zero attached hydrogens (tertiary/aromatic N) is 6. The van der Waals surface area contributed by atoms with Crippen molar-refractivity contribution in [1.29, 1.82) is 0 Å². The van der Waals surface area contributed by atoms with Gasteiger partial charge in [0.05, 0.1) is 18.5 Å². The van der Waals surface area contributed by atoms with Crippen molar-refractivity contribution in [3.05, 3.63) is 55.0 Å². The van der Waals surface area contributed by atoms with Gasteiger partial charge in [0.15, 0.2) is 5.82 Å². The van der Waals surface area contributed by atoms with Crippen LogP contribution in [-0.2, 0) is 0 Å². The highest BCUT2D eigenvalue weighted by atomic mass is 19.1. The number of urea groups is 1. The van der Waals surface area contributed by atoms with Crippen molar-refractivity contribution in [3.8, 4) is 11.6 Å². The van der Waals surface area contributed by atoms with Crippen LogP contribution in [0.4, 0.5) is 20.6 Å². The molecule has 1 fully saturated rings. The molecule has 0 saturated carbocycles. The van der Waals surface area contributed by atoms with Crippen LogP contribution < -0.4 is 15.0 Å². The number of aromatic nitrogens is 4. The second-order valence-corrected chi connectivity index (χ2v) is 6.44. The minimum Gasteiger partial charge on any atom is -0.494 e. The molecule has 1 aliphatic rings. The monoisotopic (exact) mass is 397 g/mol. The number of benzene rings is 1. The molecule has 0 aliphatic carbocycles. The summed E-state index contributed by atoms with van der Waals surface area (Å²) in [5.41, 5.74) is 1.36. The molecular formula is C19H20FN7O2. The summed E-state index contributed by atoms with van der Waals surface area (Å²) in [5, 5.41) is 6.96. The van der Waals surface area contributed by atoms with Gasteiger partial charge < -0.3 is 19.9 Å². The number of anilines is 2. The number of halogens is 1. The van der Waals surface area contributed by atoms with Crippen molar-refractivity contribution in [2.45, 2.75) is 0 Å². The van der Waals surface area contributed by atoms with Crippen LogP contribution in [0.2, 0.25) is 0 Å². The summed E-state index contributed by atoms with van der Waals surface area (Å²) < 4.78 is 20.2. The Kier molecular flexibility index (Phi) is 5.23. The Morgan fingerprint density at radius 3 is 2.76 bits per heavy atom. The lowest BCUT2D eigenvalue weighted by molar-refractivity contribution is 0.208. The fourth-order valence-corrected chi connectivity index (χ4v) is 3.25. The predicted octanol–water partition coefficient (Wildman–Crippen LogP) is 2.16. The summed E-state index contributed by atoms with van der Waals surface area (Å²) in [6, 6.07) is 7.76. The van der Waals surface area contributed by atoms with Crippen LogP contribution in [0.25, 0.3) is 5.82 Å². The molecule has 29 heavy (non-hydrogen) atoms. The van der Waals surface area contributed by atoms with E-state index in [1.807, 2.05) is 0 Å². The van der Waals surface area contributed by atoms with Gasteiger partial charge in [-0.05, 0) is 24.3 Å². The van der Waals surface area contributed by atoms with Gasteiger partial charge in [0.25, 0.3) is 0 Å². The van der Waals surface area contributed by atoms with Gasteiger partial charge in [-0.3, -0.25) is 0 Å². The van der Waals surface area contributed by atoms with Crippen molar-refractivity contribution in [2.75, 3.05) is 43.5 Å². The summed E-state index contributed by atoms with van der Waals surface area (Å²) in [6.45, 7) is 2.26. The Bertz CT molecular complexity index is 988. The third kappa shape index (κ3) is 3.96. The van der Waals surface area contributed by atoms with Crippen molar-refractivity contribution >= 4 is 17.4 Å². The van der Waals surface area contributed by atoms with E-state index in [0.29, 0.717) is 43.4 Å². The number of ether oxygens (including phenoxy) is 1. The van der Waals surface area contributed by atoms with E-state index in [1.54, 1.807) is 29.3 Å². The number of amides is 2. The highest BCUT2D eigenvalue weighted by molar-refractivity contribution is 5.91. The largest absolute Gasteiger partial charge is 0.494 e. The second kappa shape index (κ2) is 8.13. The lowest BCUT2D eigenvalue weighted by Gasteiger charge is -2.36. The van der Waals surface area contributed by atoms with Crippen LogP contribution in [0.15, 0.2) is 49.2 Å². The van der Waals surface area contributed by atoms with Crippen LogP contribution in [0.1, 0.15) is 0 Å². The van der Waals surface area contributed by atoms with E-state index in [4.69, 9.17) is 4.74 Å². The molecule has 9 nitrogen and oxygen atoms in total. The summed E-state index contributed by atoms with van der Waals surface area (Å²) in [7, 11) is 1.52. The zero-order valence-corrected chi connectivity index (χ0v) is 15.8. The molecule has 150 valence electrons. The van der Waals surface area contributed by atoms with Crippen LogP contribution in [0.3, 0.4) is 0 Å². The van der Waals surface area contributed by atoms with Crippen LogP contribution in [0, 0.1) is 5.82 Å². The van der Waals surface area contributed by atoms with Crippen molar-refractivity contribution in [1.82, 2.24) is 24.6 Å². The zero-order chi connectivity index (χ0) is 20.2. The predicted molar refractivity (Wildman–Crippen MR) is 105 cm³/mol. The van der Waals surface area contributed by atoms with E-state index in [0.717, 1.165) is 5.69 Å². The first-order chi connectivity index (χ1) is 14.2. The molecule has 0 radical (unpaired) electrons. The smallest absolute Gasteiger partial charge is 0.322 e. The number of hydrogen-bond donors (Lipinski definition) is 1. The zero-order valence-electron chi connectivity index (χ0n) is 15.8. The average molecular weight is 397 g/mol. The normalized spacial score (nSPS) is 14.0. The first kappa shape index (κ1) is 18.7. The van der Waals surface area contributed by atoms with Gasteiger partial charge in [0.2, 0.25) is 0 Å². The van der Waals surface area contributed by atoms with E-state index < -0.39 is 0 Å². The van der Waals surface area contributed by atoms with Gasteiger partial charge in [-0.1, -0.05) is 0 Å². The highest BCUT2D eigenvalue weighted by Crippen LogP contribution is 2.29. The molecule has 3 heterocycles. The first-order valence-corrected chi connectivity index (χ1v) is 9.10. The van der Waals surface area contributed by atoms with Crippen molar-refractivity contribution in [2.24, 2.45) is 0 Å². The number of carbonyl (C=O) groups excluding carboxylic acids is 1. The van der Waals surface area contributed by atoms with Gasteiger partial charge in [-0.25, -0.2) is 23.8 Å². The SMILES string of the molecule is COc1cc(F)ccc1N1CCN(C(=O)Nc2cccnc2-n2cncn2)CC1. The Hall–Kier alpha value is -3.69. The lowest BCUT2D eigenvalue weighted by atomic mass is 10.2. The average Bonchev–Trinajstić information content (AvgIpc) is 3.29. The van der Waals surface area contributed by atoms with Crippen LogP contribution >= 0.6 is 0 Å². The maximum atomic E-state index is 13.4. The third-order valence-electron chi connectivity index (χ3n) is 4.71. The van der Waals surface area contributed by atoms with Gasteiger partial charge in [-0.15, -0.1) is 0 Å². The standard InChI is InChI=1S/C19H20FN7O2/c1-29-17-11-14(20)4-5-16(17)25-7-9-26(10-8-25)19(28)24-15-3-2-6-22-18(15)27-13-21-12-23-27/h2-6,11-13H,7-10H2,1H3,(H,24,28). The van der Waals surface area contributed by atoms with Gasteiger partial charge in [0.1, 0.15) is 24.2 Å². The van der Waals surface area contributed by atoms with Gasteiger partial charge >= 0.3 is 6.03 Å². The Labute approximate surface area is 166 Å². The highest BCUT2D eigenvalue weighted by Gasteiger charge is 2.24. The maximum Gasteiger partial charge on any atom is 0.322 e. The van der Waals surface area contributed by atoms with E-state index >= 15 is 0 Å². The number of carbonyl (C=O) groups is 1. The molecule has 0 atom stereocenters. The van der Waals surface area contributed by atoms with Gasteiger partial charge in [0, 0.05) is 38.4 Å². The van der Waals surface area contributed by atoms with Crippen molar-refractivity contribution in [3.63, 3.8) is 0 Å². The molecular weight excluding hydrogens is 377 g/mol. The Morgan fingerprint density at radius 2 is 2.03 bits per heavy atom. The second-order valence-electron chi connectivity index (χ2n) is 6.44. The maximum absolute atomic E-state index is 13.4. The fourth-order valence-electron chi connectivity index (χ4n) is 3.25. The van der Waals surface area contributed by atoms with Crippen LogP contribution in [0.5, 0.6) is 5.75 Å². The molecule has 0 spiro atoms. The van der Waals surface area contributed by atoms with E-state index in [1.165, 1.54) is 36.6 Å². The fraction of sp³-hybridized carbons (Fsp3) is 0.263. The number of hydrogen-bond acceptors (Lipinski definition) is 6. The number of nitrogens with one attached hydrogen (secondary N) is 1. The summed E-state index contributed by atoms with van der Waals surface area (Å²) >= 11 is 0. The number of rotatable bonds is 4. The van der Waals surface area contributed by atoms with E-state index in [-0.39, 0.29) is 11.8 Å². The van der Waals surface area contributed by atoms with Crippen LogP contribution in [-0.4, -0.2) is 64.0 Å². The molecule has 1 N–H and O–H groups in total. The molecule has 3 aromatic rings. The first-order valence-electron chi connectivity index (χ1n) is 9.10.